The molecule has 3 heterocycles. The Labute approximate surface area is 194 Å². The number of aryl methyl sites for hydroxylation is 1. The van der Waals surface area contributed by atoms with E-state index in [9.17, 15) is 4.79 Å². The van der Waals surface area contributed by atoms with Crippen LogP contribution in [0, 0.1) is 0 Å². The molecule has 0 radical (unpaired) electrons. The maximum atomic E-state index is 12.6. The van der Waals surface area contributed by atoms with Crippen LogP contribution in [-0.2, 0) is 7.05 Å². The highest BCUT2D eigenvalue weighted by atomic mass is 35.5. The second-order valence-corrected chi connectivity index (χ2v) is 9.27. The number of carbonyl (C=O) groups is 1. The van der Waals surface area contributed by atoms with Crippen molar-refractivity contribution >= 4 is 61.2 Å². The molecule has 4 aromatic rings. The van der Waals surface area contributed by atoms with Crippen molar-refractivity contribution in [1.29, 1.82) is 0 Å². The first kappa shape index (κ1) is 21.1. The van der Waals surface area contributed by atoms with Gasteiger partial charge in [0.15, 0.2) is 5.13 Å². The third kappa shape index (κ3) is 4.42. The molecule has 8 nitrogen and oxygen atoms in total. The monoisotopic (exact) mass is 469 g/mol. The van der Waals surface area contributed by atoms with Gasteiger partial charge in [-0.2, -0.15) is 0 Å². The van der Waals surface area contributed by atoms with Gasteiger partial charge >= 0.3 is 0 Å². The first-order valence-corrected chi connectivity index (χ1v) is 11.8. The third-order valence-electron chi connectivity index (χ3n) is 5.64. The van der Waals surface area contributed by atoms with Crippen molar-refractivity contribution in [1.82, 2.24) is 30.1 Å². The number of carbonyl (C=O) groups excluding carboxylic acids is 1. The highest BCUT2D eigenvalue weighted by Crippen LogP contribution is 2.31. The first-order valence-electron chi connectivity index (χ1n) is 10.6. The minimum Gasteiger partial charge on any atom is -0.351 e. The molecule has 3 N–H and O–H groups in total. The molecule has 1 aliphatic rings. The molecule has 166 valence electrons. The molecule has 0 saturated carbocycles. The maximum absolute atomic E-state index is 12.6. The van der Waals surface area contributed by atoms with Crippen molar-refractivity contribution in [2.45, 2.75) is 0 Å². The number of thiazole rings is 1. The van der Waals surface area contributed by atoms with Crippen LogP contribution in [-0.4, -0.2) is 64.6 Å². The van der Waals surface area contributed by atoms with Crippen LogP contribution in [0.15, 0.2) is 36.4 Å². The highest BCUT2D eigenvalue weighted by Gasteiger charge is 2.14. The lowest BCUT2D eigenvalue weighted by Crippen LogP contribution is -2.46. The van der Waals surface area contributed by atoms with E-state index in [2.05, 4.69) is 30.8 Å². The number of hydrogen-bond donors (Lipinski definition) is 3. The zero-order valence-corrected chi connectivity index (χ0v) is 19.3. The normalized spacial score (nSPS) is 14.8. The van der Waals surface area contributed by atoms with Crippen molar-refractivity contribution in [3.05, 3.63) is 47.0 Å². The van der Waals surface area contributed by atoms with Crippen LogP contribution in [0.3, 0.4) is 0 Å². The summed E-state index contributed by atoms with van der Waals surface area (Å²) >= 11 is 7.60. The Hall–Kier alpha value is -2.72. The number of anilines is 2. The van der Waals surface area contributed by atoms with E-state index in [-0.39, 0.29) is 5.91 Å². The van der Waals surface area contributed by atoms with Crippen LogP contribution >= 0.6 is 22.9 Å². The van der Waals surface area contributed by atoms with Gasteiger partial charge in [-0.3, -0.25) is 9.69 Å². The number of amides is 1. The SMILES string of the molecule is Cn1c(Nc2nc3ccc(Cl)cc3s2)nc2cc(C(=O)NCCN3CCNCC3)ccc21. The van der Waals surface area contributed by atoms with E-state index in [1.807, 2.05) is 48.0 Å². The predicted octanol–water partition coefficient (Wildman–Crippen LogP) is 3.22. The van der Waals surface area contributed by atoms with Crippen molar-refractivity contribution in [2.75, 3.05) is 44.6 Å². The molecule has 0 aliphatic carbocycles. The van der Waals surface area contributed by atoms with Crippen LogP contribution in [0.2, 0.25) is 5.02 Å². The van der Waals surface area contributed by atoms with E-state index in [1.165, 1.54) is 11.3 Å². The summed E-state index contributed by atoms with van der Waals surface area (Å²) in [6.07, 6.45) is 0. The van der Waals surface area contributed by atoms with E-state index in [0.29, 0.717) is 23.1 Å². The molecule has 1 saturated heterocycles. The molecule has 0 unspecified atom stereocenters. The standard InChI is InChI=1S/C22H24ClN7OS/c1-29-18-5-2-14(20(31)25-8-11-30-9-6-24-7-10-30)12-17(18)26-21(29)28-22-27-16-4-3-15(23)13-19(16)32-22/h2-5,12-13,24H,6-11H2,1H3,(H,25,31)(H,26,27,28). The summed E-state index contributed by atoms with van der Waals surface area (Å²) in [5.74, 6) is 0.590. The molecule has 1 amide bonds. The summed E-state index contributed by atoms with van der Waals surface area (Å²) in [6, 6.07) is 11.2. The Morgan fingerprint density at radius 1 is 1.16 bits per heavy atom. The number of piperazine rings is 1. The molecular formula is C22H24ClN7OS. The van der Waals surface area contributed by atoms with Gasteiger partial charge in [0.25, 0.3) is 5.91 Å². The molecule has 10 heteroatoms. The van der Waals surface area contributed by atoms with E-state index >= 15 is 0 Å². The van der Waals surface area contributed by atoms with Crippen LogP contribution in [0.1, 0.15) is 10.4 Å². The lowest BCUT2D eigenvalue weighted by molar-refractivity contribution is 0.0947. The fraction of sp³-hybridized carbons (Fsp3) is 0.318. The smallest absolute Gasteiger partial charge is 0.251 e. The number of imidazole rings is 1. The maximum Gasteiger partial charge on any atom is 0.251 e. The molecule has 2 aromatic carbocycles. The largest absolute Gasteiger partial charge is 0.351 e. The second kappa shape index (κ2) is 9.03. The van der Waals surface area contributed by atoms with Crippen molar-refractivity contribution in [3.8, 4) is 0 Å². The minimum absolute atomic E-state index is 0.0785. The summed E-state index contributed by atoms with van der Waals surface area (Å²) in [5, 5.41) is 11.1. The van der Waals surface area contributed by atoms with Gasteiger partial charge in [-0.05, 0) is 36.4 Å². The topological polar surface area (TPSA) is 87.1 Å². The van der Waals surface area contributed by atoms with Crippen molar-refractivity contribution < 1.29 is 4.79 Å². The van der Waals surface area contributed by atoms with Gasteiger partial charge in [0.1, 0.15) is 0 Å². The van der Waals surface area contributed by atoms with Crippen molar-refractivity contribution in [3.63, 3.8) is 0 Å². The average molecular weight is 470 g/mol. The Morgan fingerprint density at radius 2 is 2.00 bits per heavy atom. The summed E-state index contributed by atoms with van der Waals surface area (Å²) < 4.78 is 2.97. The Morgan fingerprint density at radius 3 is 2.84 bits per heavy atom. The van der Waals surface area contributed by atoms with Crippen LogP contribution in [0.5, 0.6) is 0 Å². The Balaban J connectivity index is 1.29. The molecule has 0 bridgehead atoms. The van der Waals surface area contributed by atoms with Gasteiger partial charge in [-0.1, -0.05) is 22.9 Å². The number of halogens is 1. The fourth-order valence-electron chi connectivity index (χ4n) is 3.86. The number of hydrogen-bond acceptors (Lipinski definition) is 7. The number of nitrogens with one attached hydrogen (secondary N) is 3. The molecule has 1 fully saturated rings. The predicted molar refractivity (Wildman–Crippen MR) is 130 cm³/mol. The van der Waals surface area contributed by atoms with Gasteiger partial charge in [-0.15, -0.1) is 0 Å². The number of rotatable bonds is 6. The molecular weight excluding hydrogens is 446 g/mol. The lowest BCUT2D eigenvalue weighted by atomic mass is 10.2. The Kier molecular flexibility index (Phi) is 5.97. The van der Waals surface area contributed by atoms with Gasteiger partial charge in [-0.25, -0.2) is 9.97 Å². The fourth-order valence-corrected chi connectivity index (χ4v) is 5.00. The number of nitrogens with zero attached hydrogens (tertiary/aromatic N) is 4. The first-order chi connectivity index (χ1) is 15.6. The van der Waals surface area contributed by atoms with E-state index < -0.39 is 0 Å². The second-order valence-electron chi connectivity index (χ2n) is 7.80. The molecule has 32 heavy (non-hydrogen) atoms. The third-order valence-corrected chi connectivity index (χ3v) is 6.80. The van der Waals surface area contributed by atoms with Crippen LogP contribution < -0.4 is 16.0 Å². The average Bonchev–Trinajstić information content (AvgIpc) is 3.34. The van der Waals surface area contributed by atoms with E-state index in [0.717, 1.165) is 59.1 Å². The van der Waals surface area contributed by atoms with Gasteiger partial charge in [0.05, 0.1) is 21.3 Å². The van der Waals surface area contributed by atoms with Gasteiger partial charge < -0.3 is 20.5 Å². The molecule has 5 rings (SSSR count). The summed E-state index contributed by atoms with van der Waals surface area (Å²) in [4.78, 5) is 24.3. The summed E-state index contributed by atoms with van der Waals surface area (Å²) in [7, 11) is 1.94. The summed E-state index contributed by atoms with van der Waals surface area (Å²) in [5.41, 5.74) is 3.19. The quantitative estimate of drug-likeness (QED) is 0.402. The van der Waals surface area contributed by atoms with Crippen LogP contribution in [0.4, 0.5) is 11.1 Å². The number of aromatic nitrogens is 3. The minimum atomic E-state index is -0.0785. The van der Waals surface area contributed by atoms with E-state index in [4.69, 9.17) is 11.6 Å². The zero-order chi connectivity index (χ0) is 22.1. The van der Waals surface area contributed by atoms with E-state index in [1.54, 1.807) is 0 Å². The molecule has 0 atom stereocenters. The Bertz CT molecular complexity index is 1280. The van der Waals surface area contributed by atoms with Gasteiger partial charge in [0, 0.05) is 56.9 Å². The van der Waals surface area contributed by atoms with Crippen LogP contribution in [0.25, 0.3) is 21.3 Å². The zero-order valence-electron chi connectivity index (χ0n) is 17.7. The number of benzene rings is 2. The molecule has 2 aromatic heterocycles. The van der Waals surface area contributed by atoms with Gasteiger partial charge in [0.2, 0.25) is 5.95 Å². The van der Waals surface area contributed by atoms with Crippen molar-refractivity contribution in [2.24, 2.45) is 7.05 Å². The molecule has 0 spiro atoms. The lowest BCUT2D eigenvalue weighted by Gasteiger charge is -2.27. The highest BCUT2D eigenvalue weighted by molar-refractivity contribution is 7.22. The summed E-state index contributed by atoms with van der Waals surface area (Å²) in [6.45, 7) is 5.55. The molecule has 1 aliphatic heterocycles. The number of fused-ring (bicyclic) bond motifs is 2.